The molecule has 1 unspecified atom stereocenters. The number of allylic oxidation sites excluding steroid dienone is 1. The summed E-state index contributed by atoms with van der Waals surface area (Å²) in [6.07, 6.45) is 6.30. The van der Waals surface area contributed by atoms with Gasteiger partial charge in [-0.1, -0.05) is 18.2 Å². The van der Waals surface area contributed by atoms with Crippen LogP contribution >= 0.6 is 0 Å². The molecule has 6 heteroatoms. The van der Waals surface area contributed by atoms with Gasteiger partial charge in [-0.15, -0.1) is 0 Å². The van der Waals surface area contributed by atoms with E-state index in [0.717, 1.165) is 51.2 Å². The van der Waals surface area contributed by atoms with Gasteiger partial charge in [0.1, 0.15) is 0 Å². The molecule has 0 saturated carbocycles. The molecular weight excluding hydrogens is 356 g/mol. The minimum Gasteiger partial charge on any atom is -0.493 e. The monoisotopic (exact) mass is 388 g/mol. The van der Waals surface area contributed by atoms with Gasteiger partial charge in [0.05, 0.1) is 19.8 Å². The predicted octanol–water partition coefficient (Wildman–Crippen LogP) is 2.82. The van der Waals surface area contributed by atoms with E-state index in [-0.39, 0.29) is 12.5 Å². The quantitative estimate of drug-likeness (QED) is 0.750. The van der Waals surface area contributed by atoms with E-state index in [0.29, 0.717) is 23.6 Å². The van der Waals surface area contributed by atoms with Crippen LogP contribution in [0, 0.1) is 0 Å². The number of carbonyl (C=O) groups is 1. The lowest BCUT2D eigenvalue weighted by molar-refractivity contribution is -0.135. The highest BCUT2D eigenvalue weighted by molar-refractivity contribution is 5.78. The van der Waals surface area contributed by atoms with Crippen molar-refractivity contribution in [2.75, 3.05) is 46.5 Å². The maximum Gasteiger partial charge on any atom is 0.260 e. The van der Waals surface area contributed by atoms with Crippen LogP contribution in [0.5, 0.6) is 11.5 Å². The zero-order valence-corrected chi connectivity index (χ0v) is 17.2. The zero-order valence-electron chi connectivity index (χ0n) is 17.2. The van der Waals surface area contributed by atoms with Crippen LogP contribution < -0.4 is 9.47 Å². The summed E-state index contributed by atoms with van der Waals surface area (Å²) in [5.74, 6) is 1.28. The number of piperidine rings is 1. The molecule has 2 fully saturated rings. The number of amides is 1. The van der Waals surface area contributed by atoms with E-state index in [4.69, 9.17) is 14.2 Å². The van der Waals surface area contributed by atoms with Gasteiger partial charge in [0, 0.05) is 32.2 Å². The fourth-order valence-corrected chi connectivity index (χ4v) is 3.99. The lowest BCUT2D eigenvalue weighted by Gasteiger charge is -2.41. The molecule has 2 aliphatic rings. The van der Waals surface area contributed by atoms with Crippen molar-refractivity contribution in [1.82, 2.24) is 9.80 Å². The Balaban J connectivity index is 1.48. The van der Waals surface area contributed by atoms with E-state index in [1.54, 1.807) is 7.11 Å². The van der Waals surface area contributed by atoms with Crippen LogP contribution in [0.2, 0.25) is 0 Å². The molecule has 2 aliphatic heterocycles. The molecule has 0 aromatic heterocycles. The number of hydrogen-bond acceptors (Lipinski definition) is 5. The minimum absolute atomic E-state index is 0.0355. The number of ether oxygens (including phenoxy) is 3. The third kappa shape index (κ3) is 5.26. The first-order valence-electron chi connectivity index (χ1n) is 10.2. The number of benzene rings is 1. The molecule has 154 valence electrons. The molecule has 1 atom stereocenters. The molecule has 0 spiro atoms. The lowest BCUT2D eigenvalue weighted by atomic mass is 10.0. The third-order valence-corrected chi connectivity index (χ3v) is 5.50. The minimum atomic E-state index is 0.0355. The van der Waals surface area contributed by atoms with Crippen LogP contribution in [0.15, 0.2) is 24.3 Å². The Labute approximate surface area is 168 Å². The summed E-state index contributed by atoms with van der Waals surface area (Å²) in [5, 5.41) is 0. The van der Waals surface area contributed by atoms with Gasteiger partial charge < -0.3 is 19.1 Å². The van der Waals surface area contributed by atoms with Crippen molar-refractivity contribution in [2.24, 2.45) is 0 Å². The number of carbonyl (C=O) groups excluding carboxylic acids is 1. The van der Waals surface area contributed by atoms with Gasteiger partial charge in [0.2, 0.25) is 0 Å². The topological polar surface area (TPSA) is 51.2 Å². The van der Waals surface area contributed by atoms with Crippen LogP contribution in [-0.2, 0) is 9.53 Å². The van der Waals surface area contributed by atoms with Crippen LogP contribution in [0.1, 0.15) is 32.3 Å². The fourth-order valence-electron chi connectivity index (χ4n) is 3.99. The van der Waals surface area contributed by atoms with E-state index in [2.05, 4.69) is 11.8 Å². The first kappa shape index (κ1) is 20.7. The van der Waals surface area contributed by atoms with Gasteiger partial charge in [-0.25, -0.2) is 0 Å². The number of morpholine rings is 1. The first-order chi connectivity index (χ1) is 13.6. The maximum atomic E-state index is 12.6. The van der Waals surface area contributed by atoms with Crippen molar-refractivity contribution in [3.8, 4) is 11.5 Å². The summed E-state index contributed by atoms with van der Waals surface area (Å²) >= 11 is 0. The van der Waals surface area contributed by atoms with Crippen LogP contribution in [0.4, 0.5) is 0 Å². The molecule has 3 rings (SSSR count). The second-order valence-electron chi connectivity index (χ2n) is 7.49. The summed E-state index contributed by atoms with van der Waals surface area (Å²) in [6, 6.07) is 6.27. The molecule has 2 saturated heterocycles. The Morgan fingerprint density at radius 2 is 2.04 bits per heavy atom. The normalized spacial score (nSPS) is 21.8. The molecule has 0 bridgehead atoms. The Bertz CT molecular complexity index is 683. The number of rotatable bonds is 6. The Hall–Kier alpha value is -2.05. The highest BCUT2D eigenvalue weighted by atomic mass is 16.5. The van der Waals surface area contributed by atoms with Crippen molar-refractivity contribution in [3.05, 3.63) is 29.8 Å². The number of methoxy groups -OCH3 is 1. The molecule has 1 aromatic rings. The standard InChI is InChI=1S/C22H32N2O4/c1-4-5-18-6-7-20(21(14-18)26-3)28-16-22(25)23-10-8-19(9-11-23)24-12-13-27-17(2)15-24/h4-7,14,17,19H,8-13,15-16H2,1-3H3. The zero-order chi connectivity index (χ0) is 19.9. The highest BCUT2D eigenvalue weighted by Gasteiger charge is 2.29. The summed E-state index contributed by atoms with van der Waals surface area (Å²) in [4.78, 5) is 17.0. The average Bonchev–Trinajstić information content (AvgIpc) is 2.73. The molecule has 6 nitrogen and oxygen atoms in total. The van der Waals surface area contributed by atoms with Crippen molar-refractivity contribution in [3.63, 3.8) is 0 Å². The van der Waals surface area contributed by atoms with Gasteiger partial charge >= 0.3 is 0 Å². The van der Waals surface area contributed by atoms with E-state index in [9.17, 15) is 4.79 Å². The van der Waals surface area contributed by atoms with Gasteiger partial charge in [-0.05, 0) is 44.4 Å². The summed E-state index contributed by atoms with van der Waals surface area (Å²) < 4.78 is 16.8. The van der Waals surface area contributed by atoms with Gasteiger partial charge in [-0.3, -0.25) is 9.69 Å². The smallest absolute Gasteiger partial charge is 0.260 e. The summed E-state index contributed by atoms with van der Waals surface area (Å²) in [7, 11) is 1.61. The second kappa shape index (κ2) is 9.94. The summed E-state index contributed by atoms with van der Waals surface area (Å²) in [5.41, 5.74) is 1.04. The number of nitrogens with zero attached hydrogens (tertiary/aromatic N) is 2. The SMILES string of the molecule is CC=Cc1ccc(OCC(=O)N2CCC(N3CCOC(C)C3)CC2)c(OC)c1. The van der Waals surface area contributed by atoms with Gasteiger partial charge in [-0.2, -0.15) is 0 Å². The molecule has 0 aliphatic carbocycles. The molecular formula is C22H32N2O4. The number of likely N-dealkylation sites (tertiary alicyclic amines) is 1. The Kier molecular flexibility index (Phi) is 7.34. The van der Waals surface area contributed by atoms with Crippen molar-refractivity contribution in [1.29, 1.82) is 0 Å². The van der Waals surface area contributed by atoms with E-state index in [1.165, 1.54) is 0 Å². The fraction of sp³-hybridized carbons (Fsp3) is 0.591. The van der Waals surface area contributed by atoms with Crippen molar-refractivity contribution < 1.29 is 19.0 Å². The van der Waals surface area contributed by atoms with Gasteiger partial charge in [0.15, 0.2) is 18.1 Å². The molecule has 28 heavy (non-hydrogen) atoms. The highest BCUT2D eigenvalue weighted by Crippen LogP contribution is 2.29. The third-order valence-electron chi connectivity index (χ3n) is 5.50. The number of hydrogen-bond donors (Lipinski definition) is 0. The van der Waals surface area contributed by atoms with E-state index < -0.39 is 0 Å². The summed E-state index contributed by atoms with van der Waals surface area (Å²) in [6.45, 7) is 8.51. The first-order valence-corrected chi connectivity index (χ1v) is 10.2. The average molecular weight is 389 g/mol. The Morgan fingerprint density at radius 3 is 2.71 bits per heavy atom. The molecule has 2 heterocycles. The molecule has 0 radical (unpaired) electrons. The second-order valence-corrected chi connectivity index (χ2v) is 7.49. The van der Waals surface area contributed by atoms with E-state index in [1.807, 2.05) is 42.2 Å². The van der Waals surface area contributed by atoms with Gasteiger partial charge in [0.25, 0.3) is 5.91 Å². The lowest BCUT2D eigenvalue weighted by Crippen LogP contribution is -2.52. The maximum absolute atomic E-state index is 12.6. The Morgan fingerprint density at radius 1 is 1.25 bits per heavy atom. The van der Waals surface area contributed by atoms with Crippen molar-refractivity contribution in [2.45, 2.75) is 38.8 Å². The van der Waals surface area contributed by atoms with E-state index >= 15 is 0 Å². The molecule has 0 N–H and O–H groups in total. The predicted molar refractivity (Wildman–Crippen MR) is 110 cm³/mol. The van der Waals surface area contributed by atoms with Crippen LogP contribution in [-0.4, -0.2) is 74.4 Å². The largest absolute Gasteiger partial charge is 0.493 e. The molecule has 1 amide bonds. The van der Waals surface area contributed by atoms with Crippen LogP contribution in [0.25, 0.3) is 6.08 Å². The molecule has 1 aromatic carbocycles. The van der Waals surface area contributed by atoms with Crippen molar-refractivity contribution >= 4 is 12.0 Å². The van der Waals surface area contributed by atoms with Crippen LogP contribution in [0.3, 0.4) is 0 Å².